The van der Waals surface area contributed by atoms with Crippen molar-refractivity contribution in [2.45, 2.75) is 80.1 Å². The van der Waals surface area contributed by atoms with Gasteiger partial charge in [-0.15, -0.1) is 0 Å². The van der Waals surface area contributed by atoms with Gasteiger partial charge in [-0.3, -0.25) is 9.79 Å². The minimum Gasteiger partial charge on any atom is -0.465 e. The number of fused-ring (bicyclic) bond motifs is 1. The van der Waals surface area contributed by atoms with Gasteiger partial charge >= 0.3 is 0 Å². The third-order valence-corrected chi connectivity index (χ3v) is 5.13. The first-order valence-corrected chi connectivity index (χ1v) is 9.99. The van der Waals surface area contributed by atoms with Gasteiger partial charge in [0.05, 0.1) is 5.71 Å². The summed E-state index contributed by atoms with van der Waals surface area (Å²) < 4.78 is 6.06. The van der Waals surface area contributed by atoms with E-state index in [4.69, 9.17) is 9.41 Å². The second-order valence-electron chi connectivity index (χ2n) is 7.89. The Morgan fingerprint density at radius 3 is 2.62 bits per heavy atom. The summed E-state index contributed by atoms with van der Waals surface area (Å²) in [6, 6.07) is 0. The van der Waals surface area contributed by atoms with Gasteiger partial charge in [0.15, 0.2) is 0 Å². The van der Waals surface area contributed by atoms with Crippen LogP contribution in [0.5, 0.6) is 0 Å². The molecular weight excluding hydrogens is 324 g/mol. The second-order valence-corrected chi connectivity index (χ2v) is 7.89. The van der Waals surface area contributed by atoms with Crippen LogP contribution in [-0.2, 0) is 17.6 Å². The van der Waals surface area contributed by atoms with Crippen molar-refractivity contribution in [3.63, 3.8) is 0 Å². The van der Waals surface area contributed by atoms with Gasteiger partial charge in [-0.25, -0.2) is 0 Å². The van der Waals surface area contributed by atoms with Crippen molar-refractivity contribution in [2.24, 2.45) is 16.8 Å². The highest BCUT2D eigenvalue weighted by Gasteiger charge is 2.24. The summed E-state index contributed by atoms with van der Waals surface area (Å²) in [6.07, 6.45) is 8.36. The Kier molecular flexibility index (Phi) is 7.24. The predicted octanol–water partition coefficient (Wildman–Crippen LogP) is 5.33. The SMILES string of the molecule is CCC(C)CC(=N/C=C(\C)NC(=O)C(C)C)c1c(C)oc2c1CCCC2. The lowest BCUT2D eigenvalue weighted by Gasteiger charge is -2.15. The number of aryl methyl sites for hydroxylation is 2. The molecule has 26 heavy (non-hydrogen) atoms. The fourth-order valence-corrected chi connectivity index (χ4v) is 3.32. The number of rotatable bonds is 7. The van der Waals surface area contributed by atoms with Crippen LogP contribution in [0, 0.1) is 18.8 Å². The largest absolute Gasteiger partial charge is 0.465 e. The molecule has 2 rings (SSSR count). The van der Waals surface area contributed by atoms with Crippen LogP contribution in [0.1, 0.15) is 82.9 Å². The normalized spacial score (nSPS) is 16.6. The first-order chi connectivity index (χ1) is 12.3. The summed E-state index contributed by atoms with van der Waals surface area (Å²) in [7, 11) is 0. The van der Waals surface area contributed by atoms with E-state index in [2.05, 4.69) is 26.1 Å². The molecule has 0 fully saturated rings. The number of allylic oxidation sites excluding steroid dienone is 1. The average molecular weight is 359 g/mol. The van der Waals surface area contributed by atoms with Crippen molar-refractivity contribution < 1.29 is 9.21 Å². The number of amides is 1. The minimum atomic E-state index is -0.0370. The maximum absolute atomic E-state index is 11.9. The molecule has 0 aromatic carbocycles. The Hall–Kier alpha value is -1.84. The summed E-state index contributed by atoms with van der Waals surface area (Å²) in [5, 5.41) is 2.92. The zero-order valence-electron chi connectivity index (χ0n) is 17.2. The Morgan fingerprint density at radius 1 is 1.27 bits per heavy atom. The number of nitrogens with zero attached hydrogens (tertiary/aromatic N) is 1. The Bertz CT molecular complexity index is 695. The molecule has 1 aliphatic rings. The molecule has 1 aliphatic carbocycles. The van der Waals surface area contributed by atoms with Crippen LogP contribution in [0.25, 0.3) is 0 Å². The topological polar surface area (TPSA) is 54.6 Å². The van der Waals surface area contributed by atoms with Crippen LogP contribution >= 0.6 is 0 Å². The molecule has 1 heterocycles. The fourth-order valence-electron chi connectivity index (χ4n) is 3.32. The molecule has 0 radical (unpaired) electrons. The summed E-state index contributed by atoms with van der Waals surface area (Å²) >= 11 is 0. The lowest BCUT2D eigenvalue weighted by atomic mass is 9.89. The summed E-state index contributed by atoms with van der Waals surface area (Å²) in [4.78, 5) is 16.7. The molecular formula is C22H34N2O2. The van der Waals surface area contributed by atoms with E-state index >= 15 is 0 Å². The van der Waals surface area contributed by atoms with Gasteiger partial charge in [0.1, 0.15) is 11.5 Å². The first-order valence-electron chi connectivity index (χ1n) is 9.99. The van der Waals surface area contributed by atoms with Crippen LogP contribution in [0.2, 0.25) is 0 Å². The third-order valence-electron chi connectivity index (χ3n) is 5.13. The van der Waals surface area contributed by atoms with Gasteiger partial charge < -0.3 is 9.73 Å². The standard InChI is InChI=1S/C22H34N2O2/c1-7-15(4)12-19(23-13-16(5)24-22(25)14(2)3)21-17(6)26-20-11-9-8-10-18(20)21/h13-15H,7-12H2,1-6H3,(H,24,25)/b16-13+,23-19?. The third kappa shape index (κ3) is 5.09. The van der Waals surface area contributed by atoms with Crippen LogP contribution in [0.4, 0.5) is 0 Å². The predicted molar refractivity (Wildman–Crippen MR) is 107 cm³/mol. The highest BCUT2D eigenvalue weighted by molar-refractivity contribution is 6.03. The molecule has 0 spiro atoms. The maximum atomic E-state index is 11.9. The minimum absolute atomic E-state index is 0.0225. The van der Waals surface area contributed by atoms with Crippen LogP contribution < -0.4 is 5.32 Å². The molecule has 4 heteroatoms. The molecule has 0 aliphatic heterocycles. The van der Waals surface area contributed by atoms with E-state index in [0.717, 1.165) is 48.6 Å². The monoisotopic (exact) mass is 358 g/mol. The number of furan rings is 1. The average Bonchev–Trinajstić information content (AvgIpc) is 2.93. The van der Waals surface area contributed by atoms with Gasteiger partial charge in [-0.2, -0.15) is 0 Å². The zero-order valence-corrected chi connectivity index (χ0v) is 17.2. The highest BCUT2D eigenvalue weighted by atomic mass is 16.3. The molecule has 1 aromatic heterocycles. The van der Waals surface area contributed by atoms with E-state index in [1.165, 1.54) is 24.0 Å². The van der Waals surface area contributed by atoms with Crippen molar-refractivity contribution in [1.29, 1.82) is 0 Å². The zero-order chi connectivity index (χ0) is 19.3. The lowest BCUT2D eigenvalue weighted by molar-refractivity contribution is -0.123. The van der Waals surface area contributed by atoms with Crippen molar-refractivity contribution in [3.05, 3.63) is 34.5 Å². The first kappa shape index (κ1) is 20.5. The van der Waals surface area contributed by atoms with Gasteiger partial charge in [0.2, 0.25) is 5.91 Å². The molecule has 1 N–H and O–H groups in total. The van der Waals surface area contributed by atoms with E-state index < -0.39 is 0 Å². The second kappa shape index (κ2) is 9.20. The highest BCUT2D eigenvalue weighted by Crippen LogP contribution is 2.31. The maximum Gasteiger partial charge on any atom is 0.226 e. The number of carbonyl (C=O) groups excluding carboxylic acids is 1. The lowest BCUT2D eigenvalue weighted by Crippen LogP contribution is -2.25. The van der Waals surface area contributed by atoms with Crippen molar-refractivity contribution in [3.8, 4) is 0 Å². The Balaban J connectivity index is 2.35. The van der Waals surface area contributed by atoms with Crippen molar-refractivity contribution in [2.75, 3.05) is 0 Å². The fraction of sp³-hybridized carbons (Fsp3) is 0.636. The van der Waals surface area contributed by atoms with E-state index in [1.54, 1.807) is 6.20 Å². The molecule has 1 aromatic rings. The molecule has 144 valence electrons. The molecule has 4 nitrogen and oxygen atoms in total. The molecule has 0 saturated carbocycles. The molecule has 1 unspecified atom stereocenters. The number of aliphatic imine (C=N–C) groups is 1. The Morgan fingerprint density at radius 2 is 1.96 bits per heavy atom. The van der Waals surface area contributed by atoms with Crippen LogP contribution in [-0.4, -0.2) is 11.6 Å². The van der Waals surface area contributed by atoms with E-state index in [1.807, 2.05) is 20.8 Å². The van der Waals surface area contributed by atoms with E-state index in [-0.39, 0.29) is 11.8 Å². The number of hydrogen-bond donors (Lipinski definition) is 1. The number of nitrogens with one attached hydrogen (secondary N) is 1. The van der Waals surface area contributed by atoms with Gasteiger partial charge in [0, 0.05) is 35.4 Å². The molecule has 1 amide bonds. The molecule has 0 bridgehead atoms. The summed E-state index contributed by atoms with van der Waals surface area (Å²) in [5.74, 6) is 2.67. The van der Waals surface area contributed by atoms with Crippen LogP contribution in [0.15, 0.2) is 21.3 Å². The van der Waals surface area contributed by atoms with E-state index in [9.17, 15) is 4.79 Å². The number of carbonyl (C=O) groups is 1. The van der Waals surface area contributed by atoms with Gasteiger partial charge in [-0.05, 0) is 45.4 Å². The molecule has 0 saturated heterocycles. The van der Waals surface area contributed by atoms with Gasteiger partial charge in [0.25, 0.3) is 0 Å². The van der Waals surface area contributed by atoms with Crippen molar-refractivity contribution in [1.82, 2.24) is 5.32 Å². The smallest absolute Gasteiger partial charge is 0.226 e. The van der Waals surface area contributed by atoms with Crippen molar-refractivity contribution >= 4 is 11.6 Å². The van der Waals surface area contributed by atoms with E-state index in [0.29, 0.717) is 5.92 Å². The molecule has 1 atom stereocenters. The summed E-state index contributed by atoms with van der Waals surface area (Å²) in [5.41, 5.74) is 4.43. The Labute approximate surface area is 158 Å². The van der Waals surface area contributed by atoms with Gasteiger partial charge in [-0.1, -0.05) is 34.1 Å². The number of hydrogen-bond acceptors (Lipinski definition) is 3. The van der Waals surface area contributed by atoms with Crippen LogP contribution in [0.3, 0.4) is 0 Å². The summed E-state index contributed by atoms with van der Waals surface area (Å²) in [6.45, 7) is 12.2. The quantitative estimate of drug-likeness (QED) is 0.670.